The second kappa shape index (κ2) is 7.66. The van der Waals surface area contributed by atoms with Crippen LogP contribution in [0.2, 0.25) is 0 Å². The van der Waals surface area contributed by atoms with Gasteiger partial charge in [-0.1, -0.05) is 25.1 Å². The van der Waals surface area contributed by atoms with Gasteiger partial charge in [0.05, 0.1) is 12.8 Å². The van der Waals surface area contributed by atoms with E-state index in [4.69, 9.17) is 4.74 Å². The van der Waals surface area contributed by atoms with Crippen LogP contribution in [0.1, 0.15) is 36.0 Å². The quantitative estimate of drug-likeness (QED) is 0.873. The maximum absolute atomic E-state index is 14.6. The molecule has 1 aliphatic heterocycles. The zero-order valence-corrected chi connectivity index (χ0v) is 14.6. The summed E-state index contributed by atoms with van der Waals surface area (Å²) in [5, 5.41) is 5.94. The molecule has 0 radical (unpaired) electrons. The number of anilines is 1. The number of carbonyl (C=O) groups is 1. The lowest BCUT2D eigenvalue weighted by molar-refractivity contribution is -0.116. The van der Waals surface area contributed by atoms with Gasteiger partial charge in [0.15, 0.2) is 0 Å². The van der Waals surface area contributed by atoms with Crippen molar-refractivity contribution in [1.82, 2.24) is 5.32 Å². The minimum absolute atomic E-state index is 0.0139. The SMILES string of the molecule is COc1cccc(C(C)CC(=O)Nc2ccc3c(c2F)CCNC3)c1. The number of rotatable bonds is 5. The van der Waals surface area contributed by atoms with Gasteiger partial charge in [0, 0.05) is 13.0 Å². The van der Waals surface area contributed by atoms with Crippen LogP contribution in [0, 0.1) is 5.82 Å². The molecule has 2 aromatic carbocycles. The summed E-state index contributed by atoms with van der Waals surface area (Å²) < 4.78 is 19.8. The minimum atomic E-state index is -0.304. The van der Waals surface area contributed by atoms with E-state index < -0.39 is 0 Å². The molecule has 0 fully saturated rings. The van der Waals surface area contributed by atoms with Crippen LogP contribution in [0.3, 0.4) is 0 Å². The first-order valence-electron chi connectivity index (χ1n) is 8.53. The highest BCUT2D eigenvalue weighted by atomic mass is 19.1. The first-order valence-corrected chi connectivity index (χ1v) is 8.53. The van der Waals surface area contributed by atoms with Crippen LogP contribution < -0.4 is 15.4 Å². The molecular formula is C20H23FN2O2. The van der Waals surface area contributed by atoms with Gasteiger partial charge in [-0.3, -0.25) is 4.79 Å². The molecule has 1 aliphatic rings. The van der Waals surface area contributed by atoms with Crippen LogP contribution in [-0.2, 0) is 17.8 Å². The summed E-state index contributed by atoms with van der Waals surface area (Å²) in [6.45, 7) is 3.41. The maximum Gasteiger partial charge on any atom is 0.225 e. The van der Waals surface area contributed by atoms with Gasteiger partial charge in [-0.2, -0.15) is 0 Å². The van der Waals surface area contributed by atoms with Crippen molar-refractivity contribution in [1.29, 1.82) is 0 Å². The predicted molar refractivity (Wildman–Crippen MR) is 96.5 cm³/mol. The zero-order chi connectivity index (χ0) is 17.8. The lowest BCUT2D eigenvalue weighted by Crippen LogP contribution is -2.25. The second-order valence-electron chi connectivity index (χ2n) is 6.42. The molecule has 1 unspecified atom stereocenters. The van der Waals surface area contributed by atoms with Gasteiger partial charge in [0.2, 0.25) is 5.91 Å². The van der Waals surface area contributed by atoms with Gasteiger partial charge in [0.1, 0.15) is 11.6 Å². The normalized spacial score (nSPS) is 14.5. The van der Waals surface area contributed by atoms with E-state index in [0.29, 0.717) is 18.5 Å². The highest BCUT2D eigenvalue weighted by Gasteiger charge is 2.18. The minimum Gasteiger partial charge on any atom is -0.497 e. The third-order valence-electron chi connectivity index (χ3n) is 4.64. The molecular weight excluding hydrogens is 319 g/mol. The number of amides is 1. The fourth-order valence-corrected chi connectivity index (χ4v) is 3.18. The summed E-state index contributed by atoms with van der Waals surface area (Å²) in [6.07, 6.45) is 0.927. The number of hydrogen-bond donors (Lipinski definition) is 2. The Morgan fingerprint density at radius 1 is 1.36 bits per heavy atom. The van der Waals surface area contributed by atoms with Gasteiger partial charge in [0.25, 0.3) is 0 Å². The number of carbonyl (C=O) groups excluding carboxylic acids is 1. The molecule has 4 nitrogen and oxygen atoms in total. The van der Waals surface area contributed by atoms with Crippen molar-refractivity contribution in [3.63, 3.8) is 0 Å². The molecule has 0 bridgehead atoms. The van der Waals surface area contributed by atoms with Gasteiger partial charge in [-0.25, -0.2) is 4.39 Å². The Bertz CT molecular complexity index is 776. The molecule has 0 spiro atoms. The van der Waals surface area contributed by atoms with Gasteiger partial charge < -0.3 is 15.4 Å². The largest absolute Gasteiger partial charge is 0.497 e. The summed E-state index contributed by atoms with van der Waals surface area (Å²) in [6, 6.07) is 11.2. The van der Waals surface area contributed by atoms with Gasteiger partial charge in [-0.05, 0) is 53.8 Å². The molecule has 5 heteroatoms. The summed E-state index contributed by atoms with van der Waals surface area (Å²) >= 11 is 0. The molecule has 2 aromatic rings. The van der Waals surface area contributed by atoms with E-state index in [0.717, 1.165) is 23.4 Å². The first kappa shape index (κ1) is 17.4. The van der Waals surface area contributed by atoms with Crippen molar-refractivity contribution in [3.8, 4) is 5.75 Å². The molecule has 0 aromatic heterocycles. The third-order valence-corrected chi connectivity index (χ3v) is 4.64. The van der Waals surface area contributed by atoms with E-state index in [2.05, 4.69) is 10.6 Å². The van der Waals surface area contributed by atoms with E-state index in [1.807, 2.05) is 37.3 Å². The number of halogens is 1. The lowest BCUT2D eigenvalue weighted by Gasteiger charge is -2.20. The van der Waals surface area contributed by atoms with Gasteiger partial charge in [-0.15, -0.1) is 0 Å². The molecule has 1 atom stereocenters. The van der Waals surface area contributed by atoms with Crippen molar-refractivity contribution < 1.29 is 13.9 Å². The highest BCUT2D eigenvalue weighted by Crippen LogP contribution is 2.26. The first-order chi connectivity index (χ1) is 12.1. The number of ether oxygens (including phenoxy) is 1. The van der Waals surface area contributed by atoms with E-state index in [-0.39, 0.29) is 29.8 Å². The monoisotopic (exact) mass is 342 g/mol. The van der Waals surface area contributed by atoms with Gasteiger partial charge >= 0.3 is 0 Å². The zero-order valence-electron chi connectivity index (χ0n) is 14.6. The Labute approximate surface area is 147 Å². The molecule has 1 heterocycles. The lowest BCUT2D eigenvalue weighted by atomic mass is 9.96. The number of fused-ring (bicyclic) bond motifs is 1. The molecule has 1 amide bonds. The van der Waals surface area contributed by atoms with Crippen molar-refractivity contribution in [2.75, 3.05) is 19.0 Å². The molecule has 0 saturated heterocycles. The van der Waals surface area contributed by atoms with E-state index in [1.54, 1.807) is 13.2 Å². The van der Waals surface area contributed by atoms with Crippen LogP contribution in [0.4, 0.5) is 10.1 Å². The molecule has 25 heavy (non-hydrogen) atoms. The number of methoxy groups -OCH3 is 1. The predicted octanol–water partition coefficient (Wildman–Crippen LogP) is 3.61. The van der Waals surface area contributed by atoms with E-state index >= 15 is 0 Å². The standard InChI is InChI=1S/C20H23FN2O2/c1-13(14-4-3-5-16(11-14)25-2)10-19(24)23-18-7-6-15-12-22-9-8-17(15)20(18)21/h3-7,11,13,22H,8-10,12H2,1-2H3,(H,23,24). The Hall–Kier alpha value is -2.40. The van der Waals surface area contributed by atoms with Crippen LogP contribution in [-0.4, -0.2) is 19.6 Å². The van der Waals surface area contributed by atoms with Crippen LogP contribution >= 0.6 is 0 Å². The Morgan fingerprint density at radius 3 is 3.00 bits per heavy atom. The van der Waals surface area contributed by atoms with Crippen molar-refractivity contribution >= 4 is 11.6 Å². The summed E-state index contributed by atoms with van der Waals surface area (Å²) in [5.74, 6) is 0.281. The number of benzene rings is 2. The van der Waals surface area contributed by atoms with E-state index in [1.165, 1.54) is 0 Å². The fourth-order valence-electron chi connectivity index (χ4n) is 3.18. The summed E-state index contributed by atoms with van der Waals surface area (Å²) in [5.41, 5.74) is 2.96. The maximum atomic E-state index is 14.6. The summed E-state index contributed by atoms with van der Waals surface area (Å²) in [7, 11) is 1.62. The van der Waals surface area contributed by atoms with Crippen LogP contribution in [0.5, 0.6) is 5.75 Å². The van der Waals surface area contributed by atoms with Crippen LogP contribution in [0.15, 0.2) is 36.4 Å². The Balaban J connectivity index is 1.68. The summed E-state index contributed by atoms with van der Waals surface area (Å²) in [4.78, 5) is 12.3. The smallest absolute Gasteiger partial charge is 0.225 e. The molecule has 132 valence electrons. The topological polar surface area (TPSA) is 50.4 Å². The number of hydrogen-bond acceptors (Lipinski definition) is 3. The average Bonchev–Trinajstić information content (AvgIpc) is 2.64. The molecule has 0 aliphatic carbocycles. The van der Waals surface area contributed by atoms with Crippen molar-refractivity contribution in [3.05, 3.63) is 58.9 Å². The molecule has 0 saturated carbocycles. The molecule has 2 N–H and O–H groups in total. The Kier molecular flexibility index (Phi) is 5.34. The van der Waals surface area contributed by atoms with Crippen LogP contribution in [0.25, 0.3) is 0 Å². The number of nitrogens with one attached hydrogen (secondary N) is 2. The van der Waals surface area contributed by atoms with Crippen molar-refractivity contribution in [2.45, 2.75) is 32.2 Å². The second-order valence-corrected chi connectivity index (χ2v) is 6.42. The fraction of sp³-hybridized carbons (Fsp3) is 0.350. The van der Waals surface area contributed by atoms with E-state index in [9.17, 15) is 9.18 Å². The molecule has 3 rings (SSSR count). The van der Waals surface area contributed by atoms with Crippen molar-refractivity contribution in [2.24, 2.45) is 0 Å². The highest BCUT2D eigenvalue weighted by molar-refractivity contribution is 5.91. The average molecular weight is 342 g/mol. The third kappa shape index (κ3) is 3.99. The Morgan fingerprint density at radius 2 is 2.20 bits per heavy atom.